The molecule has 0 bridgehead atoms. The van der Waals surface area contributed by atoms with Crippen LogP contribution in [0, 0.1) is 5.92 Å². The first-order valence-corrected chi connectivity index (χ1v) is 7.52. The molecule has 0 aliphatic rings. The zero-order valence-electron chi connectivity index (χ0n) is 13.2. The minimum Gasteiger partial charge on any atom is -0.387 e. The fraction of sp³-hybridized carbons (Fsp3) is 0.647. The first-order valence-electron chi connectivity index (χ1n) is 7.52. The molecule has 0 fully saturated rings. The van der Waals surface area contributed by atoms with Crippen LogP contribution in [0.3, 0.4) is 0 Å². The predicted octanol–water partition coefficient (Wildman–Crippen LogP) is 2.93. The van der Waals surface area contributed by atoms with Gasteiger partial charge in [0.05, 0.1) is 6.10 Å². The Hall–Kier alpha value is -0.900. The molecule has 0 aliphatic heterocycles. The predicted molar refractivity (Wildman–Crippen MR) is 83.9 cm³/mol. The zero-order chi connectivity index (χ0) is 15.0. The SMILES string of the molecule is COCCC(C)NCC(O)c1ccc(CC(C)C)cc1. The van der Waals surface area contributed by atoms with E-state index < -0.39 is 6.10 Å². The first-order chi connectivity index (χ1) is 9.52. The molecule has 20 heavy (non-hydrogen) atoms. The van der Waals surface area contributed by atoms with Crippen LogP contribution in [-0.2, 0) is 11.2 Å². The molecule has 0 saturated carbocycles. The Bertz CT molecular complexity index is 362. The van der Waals surface area contributed by atoms with Gasteiger partial charge in [0.15, 0.2) is 0 Å². The van der Waals surface area contributed by atoms with Gasteiger partial charge in [-0.3, -0.25) is 0 Å². The molecule has 0 spiro atoms. The number of aliphatic hydroxyl groups excluding tert-OH is 1. The lowest BCUT2D eigenvalue weighted by Crippen LogP contribution is -2.31. The average molecular weight is 279 g/mol. The molecule has 3 heteroatoms. The molecule has 0 heterocycles. The summed E-state index contributed by atoms with van der Waals surface area (Å²) < 4.78 is 5.05. The minimum atomic E-state index is -0.451. The summed E-state index contributed by atoms with van der Waals surface area (Å²) in [6, 6.07) is 8.65. The summed E-state index contributed by atoms with van der Waals surface area (Å²) in [6.07, 6.45) is 1.59. The molecule has 0 amide bonds. The Labute approximate surface area is 123 Å². The smallest absolute Gasteiger partial charge is 0.0914 e. The Morgan fingerprint density at radius 3 is 2.35 bits per heavy atom. The summed E-state index contributed by atoms with van der Waals surface area (Å²) in [5.41, 5.74) is 2.31. The van der Waals surface area contributed by atoms with Crippen LogP contribution >= 0.6 is 0 Å². The van der Waals surface area contributed by atoms with Gasteiger partial charge in [-0.05, 0) is 36.8 Å². The maximum Gasteiger partial charge on any atom is 0.0914 e. The number of nitrogens with one attached hydrogen (secondary N) is 1. The maximum absolute atomic E-state index is 10.2. The van der Waals surface area contributed by atoms with E-state index in [1.54, 1.807) is 7.11 Å². The second-order valence-corrected chi connectivity index (χ2v) is 5.95. The molecule has 1 rings (SSSR count). The highest BCUT2D eigenvalue weighted by Gasteiger charge is 2.09. The van der Waals surface area contributed by atoms with Crippen LogP contribution < -0.4 is 5.32 Å². The molecule has 0 aliphatic carbocycles. The lowest BCUT2D eigenvalue weighted by molar-refractivity contribution is 0.158. The van der Waals surface area contributed by atoms with Gasteiger partial charge in [0, 0.05) is 26.3 Å². The van der Waals surface area contributed by atoms with Crippen molar-refractivity contribution < 1.29 is 9.84 Å². The van der Waals surface area contributed by atoms with Gasteiger partial charge in [-0.15, -0.1) is 0 Å². The minimum absolute atomic E-state index is 0.352. The number of rotatable bonds is 9. The highest BCUT2D eigenvalue weighted by molar-refractivity contribution is 5.24. The summed E-state index contributed by atoms with van der Waals surface area (Å²) >= 11 is 0. The van der Waals surface area contributed by atoms with Gasteiger partial charge < -0.3 is 15.2 Å². The van der Waals surface area contributed by atoms with Gasteiger partial charge in [-0.2, -0.15) is 0 Å². The van der Waals surface area contributed by atoms with Crippen molar-refractivity contribution in [2.75, 3.05) is 20.3 Å². The molecule has 1 aromatic carbocycles. The third kappa shape index (κ3) is 6.51. The van der Waals surface area contributed by atoms with E-state index in [1.807, 2.05) is 12.1 Å². The van der Waals surface area contributed by atoms with Gasteiger partial charge >= 0.3 is 0 Å². The van der Waals surface area contributed by atoms with Crippen molar-refractivity contribution in [3.63, 3.8) is 0 Å². The fourth-order valence-electron chi connectivity index (χ4n) is 2.17. The molecule has 0 aromatic heterocycles. The molecule has 0 saturated heterocycles. The normalized spacial score (nSPS) is 14.5. The third-order valence-electron chi connectivity index (χ3n) is 3.42. The monoisotopic (exact) mass is 279 g/mol. The second kappa shape index (κ2) is 9.11. The Kier molecular flexibility index (Phi) is 7.82. The number of methoxy groups -OCH3 is 1. The first kappa shape index (κ1) is 17.2. The molecule has 2 unspecified atom stereocenters. The largest absolute Gasteiger partial charge is 0.387 e. The summed E-state index contributed by atoms with van der Waals surface area (Å²) in [5, 5.41) is 13.5. The number of benzene rings is 1. The lowest BCUT2D eigenvalue weighted by Gasteiger charge is -2.17. The summed E-state index contributed by atoms with van der Waals surface area (Å²) in [4.78, 5) is 0. The molecule has 0 radical (unpaired) electrons. The molecule has 3 nitrogen and oxygen atoms in total. The van der Waals surface area contributed by atoms with Crippen molar-refractivity contribution >= 4 is 0 Å². The highest BCUT2D eigenvalue weighted by Crippen LogP contribution is 2.15. The van der Waals surface area contributed by atoms with E-state index in [4.69, 9.17) is 4.74 Å². The molecule has 114 valence electrons. The number of hydrogen-bond donors (Lipinski definition) is 2. The lowest BCUT2D eigenvalue weighted by atomic mass is 10.00. The van der Waals surface area contributed by atoms with Gasteiger partial charge in [-0.1, -0.05) is 38.1 Å². The van der Waals surface area contributed by atoms with Crippen LogP contribution in [0.1, 0.15) is 44.4 Å². The van der Waals surface area contributed by atoms with Crippen LogP contribution in [0.4, 0.5) is 0 Å². The number of aliphatic hydroxyl groups is 1. The number of ether oxygens (including phenoxy) is 1. The van der Waals surface area contributed by atoms with E-state index in [0.29, 0.717) is 18.5 Å². The Morgan fingerprint density at radius 1 is 1.15 bits per heavy atom. The molecule has 2 atom stereocenters. The van der Waals surface area contributed by atoms with Crippen molar-refractivity contribution in [1.29, 1.82) is 0 Å². The van der Waals surface area contributed by atoms with Gasteiger partial charge in [0.25, 0.3) is 0 Å². The van der Waals surface area contributed by atoms with Crippen LogP contribution in [0.2, 0.25) is 0 Å². The summed E-state index contributed by atoms with van der Waals surface area (Å²) in [5.74, 6) is 0.661. The van der Waals surface area contributed by atoms with Crippen LogP contribution in [0.15, 0.2) is 24.3 Å². The van der Waals surface area contributed by atoms with Crippen molar-refractivity contribution in [2.45, 2.75) is 45.8 Å². The van der Waals surface area contributed by atoms with Crippen LogP contribution in [-0.4, -0.2) is 31.4 Å². The van der Waals surface area contributed by atoms with Crippen molar-refractivity contribution in [3.05, 3.63) is 35.4 Å². The van der Waals surface area contributed by atoms with E-state index >= 15 is 0 Å². The highest BCUT2D eigenvalue weighted by atomic mass is 16.5. The van der Waals surface area contributed by atoms with Crippen molar-refractivity contribution in [3.8, 4) is 0 Å². The standard InChI is InChI=1S/C17H29NO2/c1-13(2)11-15-5-7-16(8-6-15)17(19)12-18-14(3)9-10-20-4/h5-8,13-14,17-19H,9-12H2,1-4H3. The van der Waals surface area contributed by atoms with Crippen LogP contribution in [0.5, 0.6) is 0 Å². The topological polar surface area (TPSA) is 41.5 Å². The van der Waals surface area contributed by atoms with Gasteiger partial charge in [-0.25, -0.2) is 0 Å². The molecule has 2 N–H and O–H groups in total. The quantitative estimate of drug-likeness (QED) is 0.730. The van der Waals surface area contributed by atoms with Gasteiger partial charge in [0.2, 0.25) is 0 Å². The second-order valence-electron chi connectivity index (χ2n) is 5.95. The van der Waals surface area contributed by atoms with E-state index in [0.717, 1.165) is 25.0 Å². The summed E-state index contributed by atoms with van der Waals surface area (Å²) in [6.45, 7) is 7.86. The van der Waals surface area contributed by atoms with Gasteiger partial charge in [0.1, 0.15) is 0 Å². The number of hydrogen-bond acceptors (Lipinski definition) is 3. The fourth-order valence-corrected chi connectivity index (χ4v) is 2.17. The molecule has 1 aromatic rings. The van der Waals surface area contributed by atoms with Crippen molar-refractivity contribution in [1.82, 2.24) is 5.32 Å². The van der Waals surface area contributed by atoms with E-state index in [-0.39, 0.29) is 0 Å². The third-order valence-corrected chi connectivity index (χ3v) is 3.42. The van der Waals surface area contributed by atoms with Crippen LogP contribution in [0.25, 0.3) is 0 Å². The molecular formula is C17H29NO2. The average Bonchev–Trinajstić information content (AvgIpc) is 2.42. The molecular weight excluding hydrogens is 250 g/mol. The zero-order valence-corrected chi connectivity index (χ0v) is 13.2. The van der Waals surface area contributed by atoms with E-state index in [2.05, 4.69) is 38.2 Å². The maximum atomic E-state index is 10.2. The summed E-state index contributed by atoms with van der Waals surface area (Å²) in [7, 11) is 1.71. The van der Waals surface area contributed by atoms with E-state index in [9.17, 15) is 5.11 Å². The Morgan fingerprint density at radius 2 is 1.80 bits per heavy atom. The van der Waals surface area contributed by atoms with Crippen molar-refractivity contribution in [2.24, 2.45) is 5.92 Å². The van der Waals surface area contributed by atoms with E-state index in [1.165, 1.54) is 5.56 Å². The Balaban J connectivity index is 2.41.